The van der Waals surface area contributed by atoms with Crippen molar-refractivity contribution in [1.29, 1.82) is 0 Å². The van der Waals surface area contributed by atoms with Crippen molar-refractivity contribution < 1.29 is 9.59 Å². The molecule has 0 saturated heterocycles. The zero-order valence-corrected chi connectivity index (χ0v) is 13.0. The molecule has 0 bridgehead atoms. The van der Waals surface area contributed by atoms with E-state index in [0.717, 1.165) is 25.7 Å². The van der Waals surface area contributed by atoms with Gasteiger partial charge in [0.1, 0.15) is 0 Å². The summed E-state index contributed by atoms with van der Waals surface area (Å²) in [5.41, 5.74) is 1.29. The number of hydrogen-bond donors (Lipinski definition) is 2. The number of carbonyl (C=O) groups excluding carboxylic acids is 2. The van der Waals surface area contributed by atoms with Gasteiger partial charge in [0.2, 0.25) is 5.91 Å². The quantitative estimate of drug-likeness (QED) is 0.891. The second-order valence-electron chi connectivity index (χ2n) is 5.45. The molecule has 1 aromatic carbocycles. The maximum absolute atomic E-state index is 12.3. The van der Waals surface area contributed by atoms with Crippen LogP contribution >= 0.6 is 11.3 Å². The van der Waals surface area contributed by atoms with Crippen LogP contribution in [0.1, 0.15) is 35.4 Å². The van der Waals surface area contributed by atoms with E-state index in [1.807, 2.05) is 29.6 Å². The first-order valence-electron chi connectivity index (χ1n) is 7.49. The molecule has 2 aromatic rings. The second-order valence-corrected chi connectivity index (χ2v) is 6.40. The zero-order chi connectivity index (χ0) is 15.4. The first kappa shape index (κ1) is 14.8. The summed E-state index contributed by atoms with van der Waals surface area (Å²) >= 11 is 1.39. The maximum Gasteiger partial charge on any atom is 0.265 e. The lowest BCUT2D eigenvalue weighted by atomic mass is 10.1. The zero-order valence-electron chi connectivity index (χ0n) is 12.2. The fourth-order valence-corrected chi connectivity index (χ4v) is 3.33. The third-order valence-electron chi connectivity index (χ3n) is 3.90. The molecular formula is C17H18N2O2S. The molecule has 4 nitrogen and oxygen atoms in total. The van der Waals surface area contributed by atoms with Crippen molar-refractivity contribution in [3.63, 3.8) is 0 Å². The van der Waals surface area contributed by atoms with Gasteiger partial charge in [-0.2, -0.15) is 0 Å². The van der Waals surface area contributed by atoms with Crippen LogP contribution in [0.2, 0.25) is 0 Å². The minimum absolute atomic E-state index is 0.0512. The molecule has 1 fully saturated rings. The second kappa shape index (κ2) is 6.75. The Morgan fingerprint density at radius 2 is 1.64 bits per heavy atom. The van der Waals surface area contributed by atoms with Crippen LogP contribution in [0.5, 0.6) is 0 Å². The van der Waals surface area contributed by atoms with E-state index < -0.39 is 0 Å². The molecule has 22 heavy (non-hydrogen) atoms. The minimum atomic E-state index is -0.155. The van der Waals surface area contributed by atoms with Crippen molar-refractivity contribution in [3.05, 3.63) is 46.7 Å². The van der Waals surface area contributed by atoms with Crippen molar-refractivity contribution in [2.45, 2.75) is 25.7 Å². The van der Waals surface area contributed by atoms with Crippen molar-refractivity contribution in [2.75, 3.05) is 10.6 Å². The lowest BCUT2D eigenvalue weighted by Crippen LogP contribution is -2.21. The number of rotatable bonds is 4. The molecule has 0 atom stereocenters. The highest BCUT2D eigenvalue weighted by atomic mass is 32.1. The van der Waals surface area contributed by atoms with Crippen molar-refractivity contribution in [2.24, 2.45) is 5.92 Å². The molecule has 0 aliphatic heterocycles. The van der Waals surface area contributed by atoms with Crippen LogP contribution < -0.4 is 10.6 Å². The van der Waals surface area contributed by atoms with E-state index in [0.29, 0.717) is 16.3 Å². The van der Waals surface area contributed by atoms with Crippen LogP contribution in [-0.4, -0.2) is 11.8 Å². The van der Waals surface area contributed by atoms with Gasteiger partial charge in [0, 0.05) is 5.92 Å². The molecule has 0 radical (unpaired) electrons. The van der Waals surface area contributed by atoms with Crippen LogP contribution in [0, 0.1) is 5.92 Å². The van der Waals surface area contributed by atoms with E-state index >= 15 is 0 Å². The van der Waals surface area contributed by atoms with Gasteiger partial charge in [0.05, 0.1) is 16.3 Å². The Balaban J connectivity index is 1.72. The molecule has 0 unspecified atom stereocenters. The van der Waals surface area contributed by atoms with Gasteiger partial charge >= 0.3 is 0 Å². The predicted octanol–water partition coefficient (Wildman–Crippen LogP) is 4.13. The summed E-state index contributed by atoms with van der Waals surface area (Å²) in [4.78, 5) is 25.1. The van der Waals surface area contributed by atoms with Gasteiger partial charge in [-0.1, -0.05) is 31.0 Å². The summed E-state index contributed by atoms with van der Waals surface area (Å²) in [6.07, 6.45) is 4.15. The molecule has 2 amide bonds. The fraction of sp³-hybridized carbons (Fsp3) is 0.294. The number of thiophene rings is 1. The average molecular weight is 314 g/mol. The van der Waals surface area contributed by atoms with Crippen molar-refractivity contribution >= 4 is 34.5 Å². The molecule has 1 heterocycles. The summed E-state index contributed by atoms with van der Waals surface area (Å²) in [7, 11) is 0. The molecule has 3 rings (SSSR count). The summed E-state index contributed by atoms with van der Waals surface area (Å²) < 4.78 is 0. The van der Waals surface area contributed by atoms with Crippen LogP contribution in [0.3, 0.4) is 0 Å². The largest absolute Gasteiger partial charge is 0.324 e. The van der Waals surface area contributed by atoms with Gasteiger partial charge in [0.15, 0.2) is 0 Å². The van der Waals surface area contributed by atoms with Gasteiger partial charge in [-0.05, 0) is 36.4 Å². The number of nitrogens with one attached hydrogen (secondary N) is 2. The summed E-state index contributed by atoms with van der Waals surface area (Å²) in [5, 5.41) is 7.68. The van der Waals surface area contributed by atoms with Crippen LogP contribution in [-0.2, 0) is 4.79 Å². The topological polar surface area (TPSA) is 58.2 Å². The molecular weight excluding hydrogens is 296 g/mol. The lowest BCUT2D eigenvalue weighted by molar-refractivity contribution is -0.119. The molecule has 1 aliphatic rings. The molecule has 1 saturated carbocycles. The predicted molar refractivity (Wildman–Crippen MR) is 89.3 cm³/mol. The van der Waals surface area contributed by atoms with Gasteiger partial charge in [-0.3, -0.25) is 9.59 Å². The number of hydrogen-bond acceptors (Lipinski definition) is 3. The van der Waals surface area contributed by atoms with Gasteiger partial charge < -0.3 is 10.6 Å². The van der Waals surface area contributed by atoms with Gasteiger partial charge in [-0.25, -0.2) is 0 Å². The van der Waals surface area contributed by atoms with Crippen molar-refractivity contribution in [1.82, 2.24) is 0 Å². The summed E-state index contributed by atoms with van der Waals surface area (Å²) in [6.45, 7) is 0. The lowest BCUT2D eigenvalue weighted by Gasteiger charge is -2.14. The third-order valence-corrected chi connectivity index (χ3v) is 4.77. The third kappa shape index (κ3) is 3.36. The first-order valence-corrected chi connectivity index (χ1v) is 8.37. The number of amides is 2. The Bertz CT molecular complexity index is 661. The van der Waals surface area contributed by atoms with E-state index in [9.17, 15) is 9.59 Å². The maximum atomic E-state index is 12.3. The normalized spacial score (nSPS) is 14.7. The highest BCUT2D eigenvalue weighted by molar-refractivity contribution is 7.12. The molecule has 0 spiro atoms. The molecule has 2 N–H and O–H groups in total. The number of benzene rings is 1. The molecule has 1 aliphatic carbocycles. The summed E-state index contributed by atoms with van der Waals surface area (Å²) in [5.74, 6) is -0.00561. The Labute approximate surface area is 133 Å². The van der Waals surface area contributed by atoms with Crippen LogP contribution in [0.15, 0.2) is 41.8 Å². The Kier molecular flexibility index (Phi) is 4.53. The Morgan fingerprint density at radius 1 is 0.955 bits per heavy atom. The number of anilines is 2. The van der Waals surface area contributed by atoms with Crippen LogP contribution in [0.4, 0.5) is 11.4 Å². The van der Waals surface area contributed by atoms with E-state index in [-0.39, 0.29) is 17.7 Å². The first-order chi connectivity index (χ1) is 10.7. The SMILES string of the molecule is O=C(Nc1ccccc1NC(=O)C1CCCC1)c1cccs1. The number of carbonyl (C=O) groups is 2. The molecule has 5 heteroatoms. The highest BCUT2D eigenvalue weighted by Gasteiger charge is 2.23. The Hall–Kier alpha value is -2.14. The number of para-hydroxylation sites is 2. The standard InChI is InChI=1S/C17H18N2O2S/c20-16(12-6-1-2-7-12)18-13-8-3-4-9-14(13)19-17(21)15-10-5-11-22-15/h3-5,8-12H,1-2,6-7H2,(H,18,20)(H,19,21). The average Bonchev–Trinajstić information content (AvgIpc) is 3.23. The molecule has 114 valence electrons. The summed E-state index contributed by atoms with van der Waals surface area (Å²) in [6, 6.07) is 10.9. The highest BCUT2D eigenvalue weighted by Crippen LogP contribution is 2.28. The minimum Gasteiger partial charge on any atom is -0.324 e. The van der Waals surface area contributed by atoms with E-state index in [1.165, 1.54) is 11.3 Å². The Morgan fingerprint density at radius 3 is 2.27 bits per heavy atom. The van der Waals surface area contributed by atoms with E-state index in [4.69, 9.17) is 0 Å². The van der Waals surface area contributed by atoms with Gasteiger partial charge in [-0.15, -0.1) is 11.3 Å². The van der Waals surface area contributed by atoms with Gasteiger partial charge in [0.25, 0.3) is 5.91 Å². The van der Waals surface area contributed by atoms with Crippen LogP contribution in [0.25, 0.3) is 0 Å². The fourth-order valence-electron chi connectivity index (χ4n) is 2.72. The van der Waals surface area contributed by atoms with E-state index in [1.54, 1.807) is 12.1 Å². The smallest absolute Gasteiger partial charge is 0.265 e. The van der Waals surface area contributed by atoms with Crippen molar-refractivity contribution in [3.8, 4) is 0 Å². The monoisotopic (exact) mass is 314 g/mol. The van der Waals surface area contributed by atoms with E-state index in [2.05, 4.69) is 10.6 Å². The molecule has 1 aromatic heterocycles.